The molecule has 0 spiro atoms. The van der Waals surface area contributed by atoms with Crippen molar-refractivity contribution < 1.29 is 14.2 Å². The Balaban J connectivity index is 2.14. The van der Waals surface area contributed by atoms with Crippen LogP contribution in [0.4, 0.5) is 11.5 Å². The molecule has 2 aromatic rings. The molecule has 0 radical (unpaired) electrons. The van der Waals surface area contributed by atoms with Crippen molar-refractivity contribution in [3.8, 4) is 11.5 Å². The highest BCUT2D eigenvalue weighted by Gasteiger charge is 2.28. The summed E-state index contributed by atoms with van der Waals surface area (Å²) >= 11 is 9.80. The average molecular weight is 459 g/mol. The molecule has 2 heterocycles. The van der Waals surface area contributed by atoms with E-state index in [0.29, 0.717) is 31.3 Å². The maximum absolute atomic E-state index is 13.2. The standard InChI is InChI=1S/C18H21BrClN3O4/c1-4-11(10-25-2)23-9-15(20)21-17(18(23)24)22-5-6-27-14-8-12(26-3)7-13(19)16(14)22/h7-9,11H,4-6,10H2,1-3H3/t11-/m1/s1. The number of nitrogens with zero attached hydrogens (tertiary/aromatic N) is 3. The van der Waals surface area contributed by atoms with E-state index in [-0.39, 0.29) is 22.6 Å². The molecule has 1 aliphatic heterocycles. The van der Waals surface area contributed by atoms with E-state index in [1.165, 1.54) is 0 Å². The van der Waals surface area contributed by atoms with E-state index in [1.807, 2.05) is 17.9 Å². The Morgan fingerprint density at radius 2 is 2.19 bits per heavy atom. The fourth-order valence-corrected chi connectivity index (χ4v) is 3.93. The number of rotatable bonds is 6. The van der Waals surface area contributed by atoms with Crippen LogP contribution < -0.4 is 19.9 Å². The van der Waals surface area contributed by atoms with Gasteiger partial charge >= 0.3 is 0 Å². The van der Waals surface area contributed by atoms with Gasteiger partial charge in [-0.15, -0.1) is 0 Å². The normalized spacial score (nSPS) is 14.5. The Hall–Kier alpha value is -1.77. The van der Waals surface area contributed by atoms with Gasteiger partial charge in [-0.25, -0.2) is 4.98 Å². The van der Waals surface area contributed by atoms with Gasteiger partial charge in [0, 0.05) is 23.8 Å². The summed E-state index contributed by atoms with van der Waals surface area (Å²) in [5.74, 6) is 1.53. The van der Waals surface area contributed by atoms with Gasteiger partial charge in [-0.05, 0) is 28.4 Å². The zero-order valence-electron chi connectivity index (χ0n) is 15.4. The fraction of sp³-hybridized carbons (Fsp3) is 0.444. The van der Waals surface area contributed by atoms with Crippen molar-refractivity contribution in [2.75, 3.05) is 38.9 Å². The zero-order chi connectivity index (χ0) is 19.6. The largest absolute Gasteiger partial charge is 0.497 e. The third kappa shape index (κ3) is 3.93. The lowest BCUT2D eigenvalue weighted by atomic mass is 10.2. The van der Waals surface area contributed by atoms with Crippen LogP contribution in [0.25, 0.3) is 0 Å². The van der Waals surface area contributed by atoms with E-state index >= 15 is 0 Å². The molecule has 9 heteroatoms. The zero-order valence-corrected chi connectivity index (χ0v) is 17.7. The Labute approximate surface area is 170 Å². The average Bonchev–Trinajstić information content (AvgIpc) is 2.67. The second kappa shape index (κ2) is 8.50. The van der Waals surface area contributed by atoms with Crippen molar-refractivity contribution >= 4 is 39.0 Å². The molecular weight excluding hydrogens is 438 g/mol. The molecule has 0 saturated heterocycles. The van der Waals surface area contributed by atoms with E-state index in [0.717, 1.165) is 16.6 Å². The van der Waals surface area contributed by atoms with Gasteiger partial charge in [0.15, 0.2) is 0 Å². The van der Waals surface area contributed by atoms with Crippen LogP contribution >= 0.6 is 27.5 Å². The van der Waals surface area contributed by atoms with Gasteiger partial charge in [0.25, 0.3) is 5.56 Å². The third-order valence-electron chi connectivity index (χ3n) is 4.44. The first-order valence-electron chi connectivity index (χ1n) is 8.55. The molecule has 0 bridgehead atoms. The number of anilines is 2. The highest BCUT2D eigenvalue weighted by atomic mass is 79.9. The minimum atomic E-state index is -0.223. The number of hydrogen-bond donors (Lipinski definition) is 0. The van der Waals surface area contributed by atoms with Gasteiger partial charge in [0.05, 0.1) is 32.0 Å². The van der Waals surface area contributed by atoms with Gasteiger partial charge < -0.3 is 23.7 Å². The van der Waals surface area contributed by atoms with Crippen LogP contribution in [0.1, 0.15) is 19.4 Å². The molecule has 0 aliphatic carbocycles. The van der Waals surface area contributed by atoms with E-state index in [4.69, 9.17) is 25.8 Å². The van der Waals surface area contributed by atoms with Gasteiger partial charge in [-0.2, -0.15) is 0 Å². The maximum Gasteiger partial charge on any atom is 0.294 e. The van der Waals surface area contributed by atoms with Crippen molar-refractivity contribution in [2.45, 2.75) is 19.4 Å². The molecule has 7 nitrogen and oxygen atoms in total. The van der Waals surface area contributed by atoms with Crippen LogP contribution in [0.15, 0.2) is 27.6 Å². The summed E-state index contributed by atoms with van der Waals surface area (Å²) < 4.78 is 18.7. The SMILES string of the molecule is CC[C@H](COC)n1cc(Cl)nc(N2CCOc3cc(OC)cc(Br)c32)c1=O. The van der Waals surface area contributed by atoms with Crippen LogP contribution in [0.3, 0.4) is 0 Å². The van der Waals surface area contributed by atoms with Crippen molar-refractivity contribution in [3.63, 3.8) is 0 Å². The molecule has 0 amide bonds. The number of fused-ring (bicyclic) bond motifs is 1. The van der Waals surface area contributed by atoms with Crippen molar-refractivity contribution in [1.29, 1.82) is 0 Å². The first-order chi connectivity index (χ1) is 13.0. The molecule has 1 aromatic heterocycles. The summed E-state index contributed by atoms with van der Waals surface area (Å²) in [4.78, 5) is 19.4. The number of ether oxygens (including phenoxy) is 3. The second-order valence-electron chi connectivity index (χ2n) is 6.07. The smallest absolute Gasteiger partial charge is 0.294 e. The van der Waals surface area contributed by atoms with Crippen molar-refractivity contribution in [2.24, 2.45) is 0 Å². The quantitative estimate of drug-likeness (QED) is 0.656. The number of benzene rings is 1. The van der Waals surface area contributed by atoms with Crippen LogP contribution in [0, 0.1) is 0 Å². The predicted octanol–water partition coefficient (Wildman–Crippen LogP) is 3.80. The molecule has 0 N–H and O–H groups in total. The Morgan fingerprint density at radius 1 is 1.41 bits per heavy atom. The molecule has 3 rings (SSSR count). The Bertz CT molecular complexity index is 890. The van der Waals surface area contributed by atoms with Gasteiger partial charge in [0.1, 0.15) is 23.3 Å². The lowest BCUT2D eigenvalue weighted by molar-refractivity contribution is 0.151. The molecule has 1 atom stereocenters. The summed E-state index contributed by atoms with van der Waals surface area (Å²) in [6.45, 7) is 3.30. The molecule has 1 aliphatic rings. The van der Waals surface area contributed by atoms with E-state index in [9.17, 15) is 4.79 Å². The lowest BCUT2D eigenvalue weighted by Gasteiger charge is -2.31. The summed E-state index contributed by atoms with van der Waals surface area (Å²) in [7, 11) is 3.20. The minimum Gasteiger partial charge on any atom is -0.497 e. The van der Waals surface area contributed by atoms with Crippen molar-refractivity contribution in [3.05, 3.63) is 38.3 Å². The highest BCUT2D eigenvalue weighted by molar-refractivity contribution is 9.10. The van der Waals surface area contributed by atoms with E-state index < -0.39 is 0 Å². The molecule has 1 aromatic carbocycles. The number of halogens is 2. The molecule has 27 heavy (non-hydrogen) atoms. The van der Waals surface area contributed by atoms with E-state index in [1.54, 1.807) is 31.0 Å². The maximum atomic E-state index is 13.2. The predicted molar refractivity (Wildman–Crippen MR) is 108 cm³/mol. The summed E-state index contributed by atoms with van der Waals surface area (Å²) in [6, 6.07) is 3.49. The monoisotopic (exact) mass is 457 g/mol. The first kappa shape index (κ1) is 20.0. The molecule has 146 valence electrons. The topological polar surface area (TPSA) is 65.8 Å². The Kier molecular flexibility index (Phi) is 6.29. The summed E-state index contributed by atoms with van der Waals surface area (Å²) in [5, 5.41) is 0.247. The summed E-state index contributed by atoms with van der Waals surface area (Å²) in [6.07, 6.45) is 2.29. The fourth-order valence-electron chi connectivity index (χ4n) is 3.11. The third-order valence-corrected chi connectivity index (χ3v) is 5.23. The van der Waals surface area contributed by atoms with Crippen LogP contribution in [-0.4, -0.2) is 43.5 Å². The number of methoxy groups -OCH3 is 2. The van der Waals surface area contributed by atoms with Crippen LogP contribution in [0.5, 0.6) is 11.5 Å². The molecule has 0 saturated carbocycles. The molecular formula is C18H21BrClN3O4. The first-order valence-corrected chi connectivity index (χ1v) is 9.72. The molecule has 0 unspecified atom stereocenters. The van der Waals surface area contributed by atoms with Gasteiger partial charge in [-0.1, -0.05) is 18.5 Å². The summed E-state index contributed by atoms with van der Waals surface area (Å²) in [5.41, 5.74) is 0.499. The second-order valence-corrected chi connectivity index (χ2v) is 7.31. The highest BCUT2D eigenvalue weighted by Crippen LogP contribution is 2.43. The van der Waals surface area contributed by atoms with Gasteiger partial charge in [0.2, 0.25) is 5.82 Å². The van der Waals surface area contributed by atoms with Gasteiger partial charge in [-0.3, -0.25) is 4.79 Å². The Morgan fingerprint density at radius 3 is 2.85 bits per heavy atom. The molecule has 0 fully saturated rings. The van der Waals surface area contributed by atoms with E-state index in [2.05, 4.69) is 20.9 Å². The minimum absolute atomic E-state index is 0.124. The van der Waals surface area contributed by atoms with Crippen LogP contribution in [0.2, 0.25) is 5.15 Å². The van der Waals surface area contributed by atoms with Crippen molar-refractivity contribution in [1.82, 2.24) is 9.55 Å². The number of hydrogen-bond acceptors (Lipinski definition) is 6. The number of aromatic nitrogens is 2. The lowest BCUT2D eigenvalue weighted by Crippen LogP contribution is -2.37. The van der Waals surface area contributed by atoms with Crippen LogP contribution in [-0.2, 0) is 4.74 Å².